The van der Waals surface area contributed by atoms with Gasteiger partial charge < -0.3 is 14.0 Å². The number of fused-ring (bicyclic) bond motifs is 9. The van der Waals surface area contributed by atoms with Gasteiger partial charge in [0.25, 0.3) is 0 Å². The summed E-state index contributed by atoms with van der Waals surface area (Å²) >= 11 is 0. The molecule has 0 radical (unpaired) electrons. The third-order valence-corrected chi connectivity index (χ3v) is 11.1. The van der Waals surface area contributed by atoms with Crippen LogP contribution in [0.5, 0.6) is 11.5 Å². The summed E-state index contributed by atoms with van der Waals surface area (Å²) in [7, 11) is -0.407. The molecular weight excluding hydrogens is 601 g/mol. The van der Waals surface area contributed by atoms with Crippen molar-refractivity contribution in [2.75, 3.05) is 0 Å². The first-order valence-corrected chi connectivity index (χ1v) is 16.8. The second-order valence-corrected chi connectivity index (χ2v) is 14.3. The molecule has 4 nitrogen and oxygen atoms in total. The van der Waals surface area contributed by atoms with Crippen LogP contribution in [0.25, 0.3) is 33.4 Å². The fourth-order valence-corrected chi connectivity index (χ4v) is 7.82. The summed E-state index contributed by atoms with van der Waals surface area (Å²) in [6, 6.07) is 49.2. The molecular formula is C44H34BNO3. The predicted molar refractivity (Wildman–Crippen MR) is 195 cm³/mol. The minimum Gasteiger partial charge on any atom is -0.457 e. The molecule has 9 rings (SSSR count). The third-order valence-electron chi connectivity index (χ3n) is 11.1. The van der Waals surface area contributed by atoms with Gasteiger partial charge in [-0.15, -0.1) is 0 Å². The lowest BCUT2D eigenvalue weighted by Gasteiger charge is -2.39. The van der Waals surface area contributed by atoms with Crippen molar-refractivity contribution in [1.82, 2.24) is 0 Å². The van der Waals surface area contributed by atoms with E-state index in [1.54, 1.807) is 0 Å². The van der Waals surface area contributed by atoms with Crippen molar-refractivity contribution >= 4 is 12.6 Å². The van der Waals surface area contributed by atoms with E-state index in [-0.39, 0.29) is 0 Å². The zero-order chi connectivity index (χ0) is 33.5. The average molecular weight is 636 g/mol. The Balaban J connectivity index is 1.19. The second-order valence-electron chi connectivity index (χ2n) is 14.3. The molecule has 0 atom stereocenters. The van der Waals surface area contributed by atoms with Gasteiger partial charge in [-0.3, -0.25) is 0 Å². The highest BCUT2D eigenvalue weighted by atomic mass is 16.7. The molecule has 0 bridgehead atoms. The van der Waals surface area contributed by atoms with E-state index >= 15 is 0 Å². The normalized spacial score (nSPS) is 17.0. The van der Waals surface area contributed by atoms with Gasteiger partial charge in [0, 0.05) is 11.1 Å². The van der Waals surface area contributed by atoms with Gasteiger partial charge in [0.05, 0.1) is 28.2 Å². The molecule has 6 aromatic rings. The summed E-state index contributed by atoms with van der Waals surface area (Å²) < 4.78 is 19.5. The van der Waals surface area contributed by atoms with E-state index in [1.165, 1.54) is 22.3 Å². The van der Waals surface area contributed by atoms with Gasteiger partial charge >= 0.3 is 7.12 Å². The Labute approximate surface area is 287 Å². The molecule has 6 aromatic carbocycles. The minimum absolute atomic E-state index is 0.393. The number of ether oxygens (including phenoxy) is 1. The molecule has 0 unspecified atom stereocenters. The van der Waals surface area contributed by atoms with Crippen molar-refractivity contribution < 1.29 is 14.0 Å². The van der Waals surface area contributed by atoms with E-state index in [2.05, 4.69) is 143 Å². The van der Waals surface area contributed by atoms with Crippen LogP contribution in [0.3, 0.4) is 0 Å². The minimum atomic E-state index is -0.543. The van der Waals surface area contributed by atoms with Crippen molar-refractivity contribution in [2.45, 2.75) is 44.3 Å². The van der Waals surface area contributed by atoms with Crippen LogP contribution in [0.1, 0.15) is 55.5 Å². The molecule has 49 heavy (non-hydrogen) atoms. The Hall–Kier alpha value is -5.41. The molecule has 0 saturated carbocycles. The molecule has 236 valence electrons. The Morgan fingerprint density at radius 2 is 0.959 bits per heavy atom. The quantitative estimate of drug-likeness (QED) is 0.182. The first kappa shape index (κ1) is 29.7. The molecule has 3 aliphatic rings. The van der Waals surface area contributed by atoms with E-state index in [4.69, 9.17) is 14.0 Å². The molecule has 5 heteroatoms. The first-order valence-electron chi connectivity index (χ1n) is 16.8. The van der Waals surface area contributed by atoms with Crippen molar-refractivity contribution in [3.8, 4) is 50.9 Å². The second kappa shape index (κ2) is 10.5. The van der Waals surface area contributed by atoms with E-state index < -0.39 is 23.7 Å². The zero-order valence-corrected chi connectivity index (χ0v) is 28.0. The van der Waals surface area contributed by atoms with Crippen LogP contribution in [0.2, 0.25) is 0 Å². The van der Waals surface area contributed by atoms with E-state index in [1.807, 2.05) is 24.3 Å². The summed E-state index contributed by atoms with van der Waals surface area (Å²) in [4.78, 5) is 0. The number of hydrogen-bond acceptors (Lipinski definition) is 4. The number of rotatable bonds is 3. The maximum Gasteiger partial charge on any atom is 0.494 e. The molecule has 0 amide bonds. The van der Waals surface area contributed by atoms with Crippen LogP contribution in [-0.2, 0) is 14.7 Å². The summed E-state index contributed by atoms with van der Waals surface area (Å²) in [5.41, 5.74) is 11.8. The van der Waals surface area contributed by atoms with E-state index in [0.717, 1.165) is 50.3 Å². The fourth-order valence-electron chi connectivity index (χ4n) is 7.82. The van der Waals surface area contributed by atoms with Crippen molar-refractivity contribution in [3.63, 3.8) is 0 Å². The predicted octanol–water partition coefficient (Wildman–Crippen LogP) is 9.66. The van der Waals surface area contributed by atoms with Gasteiger partial charge in [0.2, 0.25) is 0 Å². The Bertz CT molecular complexity index is 2270. The Kier molecular flexibility index (Phi) is 6.39. The lowest BCUT2D eigenvalue weighted by atomic mass is 9.65. The summed E-state index contributed by atoms with van der Waals surface area (Å²) in [6.07, 6.45) is 0. The van der Waals surface area contributed by atoms with E-state index in [0.29, 0.717) is 5.56 Å². The first-order chi connectivity index (χ1) is 23.7. The van der Waals surface area contributed by atoms with Gasteiger partial charge in [-0.2, -0.15) is 5.26 Å². The maximum atomic E-state index is 9.35. The SMILES string of the molecule is CC1(C)OB(c2ccc(-c3ccc4c(c3)Oc3cc(-c5ccc(C#N)cc5)ccc3C43c4ccccc4-c4ccccc43)cc2)OC1(C)C. The largest absolute Gasteiger partial charge is 0.494 e. The monoisotopic (exact) mass is 635 g/mol. The van der Waals surface area contributed by atoms with Gasteiger partial charge in [0.1, 0.15) is 11.5 Å². The maximum absolute atomic E-state index is 9.35. The molecule has 1 fully saturated rings. The van der Waals surface area contributed by atoms with Gasteiger partial charge in [0.15, 0.2) is 0 Å². The highest BCUT2D eigenvalue weighted by molar-refractivity contribution is 6.62. The summed E-state index contributed by atoms with van der Waals surface area (Å²) in [5, 5.41) is 9.35. The number of benzene rings is 6. The smallest absolute Gasteiger partial charge is 0.457 e. The summed E-state index contributed by atoms with van der Waals surface area (Å²) in [6.45, 7) is 8.31. The Morgan fingerprint density at radius 3 is 1.45 bits per heavy atom. The van der Waals surface area contributed by atoms with Crippen LogP contribution in [-0.4, -0.2) is 18.3 Å². The molecule has 0 N–H and O–H groups in total. The topological polar surface area (TPSA) is 51.5 Å². The lowest BCUT2D eigenvalue weighted by Crippen LogP contribution is -2.41. The molecule has 1 saturated heterocycles. The van der Waals surface area contributed by atoms with Gasteiger partial charge in [-0.1, -0.05) is 109 Å². The zero-order valence-electron chi connectivity index (χ0n) is 28.0. The van der Waals surface area contributed by atoms with Crippen molar-refractivity contribution in [1.29, 1.82) is 5.26 Å². The molecule has 2 heterocycles. The molecule has 1 aliphatic carbocycles. The molecule has 0 aromatic heterocycles. The number of nitrogens with zero attached hydrogens (tertiary/aromatic N) is 1. The number of nitriles is 1. The average Bonchev–Trinajstić information content (AvgIpc) is 3.54. The van der Waals surface area contributed by atoms with Gasteiger partial charge in [-0.25, -0.2) is 0 Å². The molecule has 2 aliphatic heterocycles. The van der Waals surface area contributed by atoms with Crippen LogP contribution in [0.4, 0.5) is 0 Å². The number of hydrogen-bond donors (Lipinski definition) is 0. The summed E-state index contributed by atoms with van der Waals surface area (Å²) in [5.74, 6) is 1.66. The fraction of sp³-hybridized carbons (Fsp3) is 0.159. The van der Waals surface area contributed by atoms with Crippen LogP contribution in [0, 0.1) is 11.3 Å². The standard InChI is InChI=1S/C44H34BNO3/c1-42(2)43(3,4)49-45(48-42)33-21-17-30(18-22-33)32-20-24-39-41(26-32)47-40-25-31(29-15-13-28(27-46)14-16-29)19-23-38(40)44(39)36-11-7-5-9-34(36)35-10-6-8-12-37(35)44/h5-26H,1-4H3. The van der Waals surface area contributed by atoms with Gasteiger partial charge in [-0.05, 0) is 102 Å². The van der Waals surface area contributed by atoms with E-state index in [9.17, 15) is 5.26 Å². The Morgan fingerprint density at radius 1 is 0.510 bits per heavy atom. The van der Waals surface area contributed by atoms with Crippen molar-refractivity contribution in [2.24, 2.45) is 0 Å². The lowest BCUT2D eigenvalue weighted by molar-refractivity contribution is 0.00578. The van der Waals surface area contributed by atoms with Crippen molar-refractivity contribution in [3.05, 3.63) is 161 Å². The molecule has 1 spiro atoms. The third kappa shape index (κ3) is 4.31. The van der Waals surface area contributed by atoms with Crippen LogP contribution >= 0.6 is 0 Å². The van der Waals surface area contributed by atoms with Crippen LogP contribution < -0.4 is 10.2 Å². The highest BCUT2D eigenvalue weighted by Crippen LogP contribution is 2.62. The highest BCUT2D eigenvalue weighted by Gasteiger charge is 2.52. The van der Waals surface area contributed by atoms with Crippen LogP contribution in [0.15, 0.2) is 133 Å².